The molecule has 1 amide bonds. The van der Waals surface area contributed by atoms with Gasteiger partial charge in [0.2, 0.25) is 0 Å². The van der Waals surface area contributed by atoms with Crippen LogP contribution < -0.4 is 10.3 Å². The average molecular weight is 426 g/mol. The predicted octanol–water partition coefficient (Wildman–Crippen LogP) is 5.90. The van der Waals surface area contributed by atoms with Crippen LogP contribution in [0.4, 0.5) is 11.4 Å². The summed E-state index contributed by atoms with van der Waals surface area (Å²) >= 11 is 1.78. The highest BCUT2D eigenvalue weighted by atomic mass is 32.1. The van der Waals surface area contributed by atoms with Gasteiger partial charge in [-0.3, -0.25) is 10.2 Å². The third kappa shape index (κ3) is 2.92. The monoisotopic (exact) mass is 425 g/mol. The molecule has 31 heavy (non-hydrogen) atoms. The number of aryl methyl sites for hydroxylation is 2. The van der Waals surface area contributed by atoms with Gasteiger partial charge < -0.3 is 4.90 Å². The number of nitrogens with one attached hydrogen (secondary N) is 1. The number of thiophene rings is 1. The summed E-state index contributed by atoms with van der Waals surface area (Å²) in [7, 11) is 0. The van der Waals surface area contributed by atoms with Gasteiger partial charge in [-0.15, -0.1) is 11.3 Å². The highest BCUT2D eigenvalue weighted by Crippen LogP contribution is 2.47. The second-order valence-corrected chi connectivity index (χ2v) is 9.40. The summed E-state index contributed by atoms with van der Waals surface area (Å²) in [5.41, 5.74) is 8.11. The standard InChI is InChI=1S/C26H23N3OS/c1-17-8-7-13-23-20(17)16-24(31-23)25-28-21-12-6-5-9-18(21)14-15-22(28)26(30)29(25)27-19-10-3-2-4-11-19/h2-13,16,22,25,27H,14-15H2,1H3. The first kappa shape index (κ1) is 18.5. The van der Waals surface area contributed by atoms with E-state index in [1.807, 2.05) is 35.3 Å². The molecule has 6 rings (SSSR count). The summed E-state index contributed by atoms with van der Waals surface area (Å²) in [6.07, 6.45) is 1.58. The number of amides is 1. The van der Waals surface area contributed by atoms with Crippen molar-refractivity contribution in [2.45, 2.75) is 32.0 Å². The second-order valence-electron chi connectivity index (χ2n) is 8.29. The van der Waals surface area contributed by atoms with Gasteiger partial charge in [0.1, 0.15) is 6.04 Å². The fourth-order valence-corrected chi connectivity index (χ4v) is 6.14. The van der Waals surface area contributed by atoms with Crippen LogP contribution in [0.2, 0.25) is 0 Å². The largest absolute Gasteiger partial charge is 0.333 e. The minimum atomic E-state index is -0.184. The van der Waals surface area contributed by atoms with E-state index in [1.165, 1.54) is 31.8 Å². The number of hydrogen-bond acceptors (Lipinski definition) is 4. The third-order valence-electron chi connectivity index (χ3n) is 6.40. The van der Waals surface area contributed by atoms with Gasteiger partial charge in [-0.25, -0.2) is 5.01 Å². The number of rotatable bonds is 3. The lowest BCUT2D eigenvalue weighted by Gasteiger charge is -2.36. The maximum absolute atomic E-state index is 13.6. The normalized spacial score (nSPS) is 20.1. The summed E-state index contributed by atoms with van der Waals surface area (Å²) in [6.45, 7) is 2.15. The van der Waals surface area contributed by atoms with Crippen molar-refractivity contribution in [1.29, 1.82) is 0 Å². The Kier molecular flexibility index (Phi) is 4.25. The molecule has 3 heterocycles. The van der Waals surface area contributed by atoms with Gasteiger partial charge in [-0.2, -0.15) is 0 Å². The highest BCUT2D eigenvalue weighted by Gasteiger charge is 2.49. The molecule has 4 aromatic rings. The van der Waals surface area contributed by atoms with Crippen molar-refractivity contribution < 1.29 is 4.79 Å². The Morgan fingerprint density at radius 3 is 2.61 bits per heavy atom. The number of fused-ring (bicyclic) bond motifs is 4. The summed E-state index contributed by atoms with van der Waals surface area (Å²) < 4.78 is 1.26. The Balaban J connectivity index is 1.52. The molecule has 3 aromatic carbocycles. The lowest BCUT2D eigenvalue weighted by Crippen LogP contribution is -2.38. The van der Waals surface area contributed by atoms with Crippen molar-refractivity contribution in [3.63, 3.8) is 0 Å². The van der Waals surface area contributed by atoms with E-state index in [9.17, 15) is 4.79 Å². The number of nitrogens with zero attached hydrogens (tertiary/aromatic N) is 2. The van der Waals surface area contributed by atoms with Crippen LogP contribution in [0.5, 0.6) is 0 Å². The van der Waals surface area contributed by atoms with E-state index in [0.717, 1.165) is 18.5 Å². The summed E-state index contributed by atoms with van der Waals surface area (Å²) in [4.78, 5) is 17.2. The van der Waals surface area contributed by atoms with Crippen molar-refractivity contribution >= 4 is 38.7 Å². The summed E-state index contributed by atoms with van der Waals surface area (Å²) in [6, 6.07) is 27.0. The molecule has 0 bridgehead atoms. The third-order valence-corrected chi connectivity index (χ3v) is 7.54. The molecular formula is C26H23N3OS. The molecule has 0 saturated carbocycles. The van der Waals surface area contributed by atoms with Crippen LogP contribution in [0.25, 0.3) is 10.1 Å². The van der Waals surface area contributed by atoms with Crippen LogP contribution in [0, 0.1) is 6.92 Å². The molecule has 0 aliphatic carbocycles. The van der Waals surface area contributed by atoms with Crippen molar-refractivity contribution in [3.05, 3.63) is 94.9 Å². The summed E-state index contributed by atoms with van der Waals surface area (Å²) in [5, 5.41) is 3.12. The highest BCUT2D eigenvalue weighted by molar-refractivity contribution is 7.19. The molecule has 2 unspecified atom stereocenters. The van der Waals surface area contributed by atoms with Gasteiger partial charge in [0.15, 0.2) is 6.17 Å². The number of hydrogen-bond donors (Lipinski definition) is 1. The van der Waals surface area contributed by atoms with Crippen LogP contribution in [-0.4, -0.2) is 17.0 Å². The molecule has 4 nitrogen and oxygen atoms in total. The van der Waals surface area contributed by atoms with Gasteiger partial charge in [-0.05, 0) is 66.6 Å². The minimum absolute atomic E-state index is 0.137. The molecule has 1 fully saturated rings. The van der Waals surface area contributed by atoms with E-state index in [0.29, 0.717) is 0 Å². The lowest BCUT2D eigenvalue weighted by atomic mass is 9.96. The van der Waals surface area contributed by atoms with E-state index in [1.54, 1.807) is 11.3 Å². The first-order valence-electron chi connectivity index (χ1n) is 10.7. The van der Waals surface area contributed by atoms with E-state index in [4.69, 9.17) is 0 Å². The first-order chi connectivity index (χ1) is 15.2. The van der Waals surface area contributed by atoms with Crippen LogP contribution in [-0.2, 0) is 11.2 Å². The molecule has 2 aliphatic heterocycles. The van der Waals surface area contributed by atoms with Gasteiger partial charge in [-0.1, -0.05) is 48.5 Å². The first-order valence-corrected chi connectivity index (χ1v) is 11.5. The zero-order chi connectivity index (χ0) is 20.9. The Morgan fingerprint density at radius 1 is 0.968 bits per heavy atom. The van der Waals surface area contributed by atoms with Crippen molar-refractivity contribution in [2.75, 3.05) is 10.3 Å². The topological polar surface area (TPSA) is 35.6 Å². The smallest absolute Gasteiger partial charge is 0.266 e. The Bertz CT molecular complexity index is 1280. The molecule has 0 radical (unpaired) electrons. The van der Waals surface area contributed by atoms with Gasteiger partial charge in [0.25, 0.3) is 5.91 Å². The molecule has 1 N–H and O–H groups in total. The Labute approximate surface area is 185 Å². The van der Waals surface area contributed by atoms with Crippen LogP contribution >= 0.6 is 11.3 Å². The molecule has 154 valence electrons. The molecular weight excluding hydrogens is 402 g/mol. The van der Waals surface area contributed by atoms with Crippen LogP contribution in [0.3, 0.4) is 0 Å². The van der Waals surface area contributed by atoms with Gasteiger partial charge in [0, 0.05) is 10.4 Å². The van der Waals surface area contributed by atoms with Crippen LogP contribution in [0.1, 0.15) is 28.6 Å². The van der Waals surface area contributed by atoms with E-state index < -0.39 is 0 Å². The van der Waals surface area contributed by atoms with Gasteiger partial charge >= 0.3 is 0 Å². The van der Waals surface area contributed by atoms with E-state index in [-0.39, 0.29) is 18.1 Å². The quantitative estimate of drug-likeness (QED) is 0.444. The number of hydrazine groups is 1. The minimum Gasteiger partial charge on any atom is -0.333 e. The van der Waals surface area contributed by atoms with Crippen molar-refractivity contribution in [2.24, 2.45) is 0 Å². The van der Waals surface area contributed by atoms with E-state index in [2.05, 4.69) is 65.8 Å². The van der Waals surface area contributed by atoms with Crippen LogP contribution in [0.15, 0.2) is 78.9 Å². The number of carbonyl (C=O) groups excluding carboxylic acids is 1. The molecule has 2 aliphatic rings. The summed E-state index contributed by atoms with van der Waals surface area (Å²) in [5.74, 6) is 0.137. The molecule has 1 saturated heterocycles. The van der Waals surface area contributed by atoms with Crippen molar-refractivity contribution in [1.82, 2.24) is 5.01 Å². The number of benzene rings is 3. The lowest BCUT2D eigenvalue weighted by molar-refractivity contribution is -0.128. The maximum Gasteiger partial charge on any atom is 0.266 e. The molecule has 5 heteroatoms. The number of anilines is 2. The zero-order valence-corrected chi connectivity index (χ0v) is 18.1. The number of carbonyl (C=O) groups is 1. The van der Waals surface area contributed by atoms with Crippen molar-refractivity contribution in [3.8, 4) is 0 Å². The second kappa shape index (κ2) is 7.13. The Hall–Kier alpha value is -3.31. The maximum atomic E-state index is 13.6. The number of para-hydroxylation sites is 2. The fourth-order valence-electron chi connectivity index (χ4n) is 4.91. The SMILES string of the molecule is Cc1cccc2sc(C3N(Nc4ccccc4)C(=O)C4CCc5ccccc5N43)cc12. The zero-order valence-electron chi connectivity index (χ0n) is 17.3. The van der Waals surface area contributed by atoms with E-state index >= 15 is 0 Å². The molecule has 1 aromatic heterocycles. The predicted molar refractivity (Wildman–Crippen MR) is 127 cm³/mol. The molecule has 2 atom stereocenters. The van der Waals surface area contributed by atoms with Gasteiger partial charge in [0.05, 0.1) is 10.6 Å². The average Bonchev–Trinajstić information content (AvgIpc) is 3.35. The molecule has 0 spiro atoms. The fraction of sp³-hybridized carbons (Fsp3) is 0.192. The Morgan fingerprint density at radius 2 is 1.77 bits per heavy atom.